The van der Waals surface area contributed by atoms with Gasteiger partial charge in [0, 0.05) is 22.6 Å². The van der Waals surface area contributed by atoms with E-state index in [0.29, 0.717) is 35.1 Å². The average Bonchev–Trinajstić information content (AvgIpc) is 3.10. The monoisotopic (exact) mass is 437 g/mol. The van der Waals surface area contributed by atoms with E-state index in [9.17, 15) is 19.7 Å². The number of fused-ring (bicyclic) bond motifs is 3. The van der Waals surface area contributed by atoms with Gasteiger partial charge in [-0.15, -0.1) is 0 Å². The number of hydrogen-bond acceptors (Lipinski definition) is 8. The minimum Gasteiger partial charge on any atom is -0.411 e. The zero-order chi connectivity index (χ0) is 23.8. The van der Waals surface area contributed by atoms with Crippen LogP contribution in [0.3, 0.4) is 0 Å². The highest BCUT2D eigenvalue weighted by molar-refractivity contribution is 6.45. The second-order valence-corrected chi connectivity index (χ2v) is 7.75. The van der Waals surface area contributed by atoms with Crippen LogP contribution in [0.5, 0.6) is 0 Å². The van der Waals surface area contributed by atoms with Crippen molar-refractivity contribution in [3.63, 3.8) is 0 Å². The maximum absolute atomic E-state index is 12.7. The van der Waals surface area contributed by atoms with Gasteiger partial charge in [-0.3, -0.25) is 19.7 Å². The first-order chi connectivity index (χ1) is 15.2. The van der Waals surface area contributed by atoms with E-state index in [1.807, 2.05) is 13.8 Å². The molecule has 0 amide bonds. The molecular formula is C23H23N3O6. The van der Waals surface area contributed by atoms with E-state index in [0.717, 1.165) is 5.56 Å². The number of rotatable bonds is 7. The van der Waals surface area contributed by atoms with Crippen molar-refractivity contribution in [1.82, 2.24) is 0 Å². The van der Waals surface area contributed by atoms with Gasteiger partial charge in [0.15, 0.2) is 0 Å². The molecule has 0 aromatic heterocycles. The fraction of sp³-hybridized carbons (Fsp3) is 0.304. The molecule has 166 valence electrons. The highest BCUT2D eigenvalue weighted by Gasteiger charge is 2.45. The van der Waals surface area contributed by atoms with Gasteiger partial charge in [0.25, 0.3) is 5.69 Å². The predicted octanol–water partition coefficient (Wildman–Crippen LogP) is 4.75. The third-order valence-electron chi connectivity index (χ3n) is 6.32. The van der Waals surface area contributed by atoms with Crippen LogP contribution in [0.1, 0.15) is 72.4 Å². The van der Waals surface area contributed by atoms with Gasteiger partial charge in [-0.25, -0.2) is 0 Å². The van der Waals surface area contributed by atoms with Crippen molar-refractivity contribution in [2.24, 2.45) is 10.3 Å². The zero-order valence-electron chi connectivity index (χ0n) is 18.2. The van der Waals surface area contributed by atoms with Crippen LogP contribution >= 0.6 is 0 Å². The molecule has 0 unspecified atom stereocenters. The summed E-state index contributed by atoms with van der Waals surface area (Å²) in [7, 11) is 0. The first-order valence-corrected chi connectivity index (χ1v) is 10.1. The summed E-state index contributed by atoms with van der Waals surface area (Å²) >= 11 is 0. The molecule has 32 heavy (non-hydrogen) atoms. The van der Waals surface area contributed by atoms with E-state index in [-0.39, 0.29) is 22.7 Å². The van der Waals surface area contributed by atoms with Crippen LogP contribution in [0, 0.1) is 10.1 Å². The molecule has 9 heteroatoms. The maximum atomic E-state index is 12.7. The van der Waals surface area contributed by atoms with Crippen LogP contribution in [0.15, 0.2) is 40.6 Å². The summed E-state index contributed by atoms with van der Waals surface area (Å²) < 4.78 is 0. The van der Waals surface area contributed by atoms with E-state index in [2.05, 4.69) is 10.3 Å². The number of carbonyl (C=O) groups excluding carboxylic acids is 2. The normalized spacial score (nSPS) is 14.6. The van der Waals surface area contributed by atoms with E-state index >= 15 is 0 Å². The summed E-state index contributed by atoms with van der Waals surface area (Å²) in [5, 5.41) is 35.9. The predicted molar refractivity (Wildman–Crippen MR) is 118 cm³/mol. The molecule has 0 atom stereocenters. The number of carbonyl (C=O) groups is 2. The van der Waals surface area contributed by atoms with Crippen molar-refractivity contribution in [2.75, 3.05) is 0 Å². The topological polar surface area (TPSA) is 142 Å². The Bertz CT molecular complexity index is 1210. The van der Waals surface area contributed by atoms with Gasteiger partial charge in [-0.05, 0) is 55.5 Å². The van der Waals surface area contributed by atoms with Crippen LogP contribution < -0.4 is 0 Å². The molecule has 0 bridgehead atoms. The second kappa shape index (κ2) is 8.33. The summed E-state index contributed by atoms with van der Waals surface area (Å²) in [6.07, 6.45) is 1.13. The molecule has 0 spiro atoms. The fourth-order valence-corrected chi connectivity index (χ4v) is 4.53. The SMILES string of the molecule is CCC1(CC)c2cc(C(=O)/C(C)=N/O)ccc2-c2c([N+](=O)[O-])cc(C(=O)/C(C)=N/O)cc21. The maximum Gasteiger partial charge on any atom is 0.278 e. The minimum absolute atomic E-state index is 0.0596. The molecule has 0 radical (unpaired) electrons. The molecule has 2 aromatic rings. The third-order valence-corrected chi connectivity index (χ3v) is 6.32. The van der Waals surface area contributed by atoms with Crippen molar-refractivity contribution in [1.29, 1.82) is 0 Å². The molecule has 0 aliphatic heterocycles. The number of Topliss-reactive ketones (excluding diaryl/α,β-unsaturated/α-hetero) is 2. The Labute approximate surface area is 184 Å². The van der Waals surface area contributed by atoms with Gasteiger partial charge in [-0.1, -0.05) is 36.3 Å². The lowest BCUT2D eigenvalue weighted by Crippen LogP contribution is -2.24. The van der Waals surface area contributed by atoms with Gasteiger partial charge in [-0.2, -0.15) is 0 Å². The number of benzene rings is 2. The van der Waals surface area contributed by atoms with E-state index < -0.39 is 21.9 Å². The largest absolute Gasteiger partial charge is 0.411 e. The van der Waals surface area contributed by atoms with Crippen LogP contribution in [0.25, 0.3) is 11.1 Å². The molecule has 0 fully saturated rings. The zero-order valence-corrected chi connectivity index (χ0v) is 18.2. The van der Waals surface area contributed by atoms with E-state index in [1.165, 1.54) is 19.9 Å². The molecule has 1 aliphatic carbocycles. The lowest BCUT2D eigenvalue weighted by atomic mass is 9.73. The molecule has 0 saturated carbocycles. The second-order valence-electron chi connectivity index (χ2n) is 7.75. The number of nitrogens with zero attached hydrogens (tertiary/aromatic N) is 3. The number of oxime groups is 2. The minimum atomic E-state index is -0.670. The molecule has 2 aromatic carbocycles. The van der Waals surface area contributed by atoms with Gasteiger partial charge in [0.1, 0.15) is 11.4 Å². The molecular weight excluding hydrogens is 414 g/mol. The summed E-state index contributed by atoms with van der Waals surface area (Å²) in [5.41, 5.74) is 1.62. The third kappa shape index (κ3) is 3.26. The van der Waals surface area contributed by atoms with Gasteiger partial charge >= 0.3 is 0 Å². The Hall–Kier alpha value is -3.88. The first kappa shape index (κ1) is 22.8. The highest BCUT2D eigenvalue weighted by atomic mass is 16.6. The molecule has 3 rings (SSSR count). The van der Waals surface area contributed by atoms with Crippen molar-refractivity contribution in [3.05, 3.63) is 62.7 Å². The Kier molecular flexibility index (Phi) is 5.94. The lowest BCUT2D eigenvalue weighted by molar-refractivity contribution is -0.384. The van der Waals surface area contributed by atoms with Gasteiger partial charge in [0.05, 0.1) is 10.5 Å². The van der Waals surface area contributed by atoms with Crippen LogP contribution in [0.4, 0.5) is 5.69 Å². The van der Waals surface area contributed by atoms with Crippen molar-refractivity contribution in [2.45, 2.75) is 46.0 Å². The first-order valence-electron chi connectivity index (χ1n) is 10.1. The number of nitro benzene ring substituents is 1. The van der Waals surface area contributed by atoms with Crippen molar-refractivity contribution < 1.29 is 24.9 Å². The highest BCUT2D eigenvalue weighted by Crippen LogP contribution is 2.56. The molecule has 1 aliphatic rings. The number of hydrogen-bond donors (Lipinski definition) is 2. The van der Waals surface area contributed by atoms with E-state index in [4.69, 9.17) is 10.4 Å². The average molecular weight is 437 g/mol. The summed E-state index contributed by atoms with van der Waals surface area (Å²) in [5.74, 6) is -1.06. The quantitative estimate of drug-likeness (QED) is 0.210. The lowest BCUT2D eigenvalue weighted by Gasteiger charge is -2.30. The Morgan fingerprint density at radius 2 is 1.47 bits per heavy atom. The Balaban J connectivity index is 2.38. The fourth-order valence-electron chi connectivity index (χ4n) is 4.53. The van der Waals surface area contributed by atoms with Crippen LogP contribution in [0.2, 0.25) is 0 Å². The van der Waals surface area contributed by atoms with Crippen molar-refractivity contribution in [3.8, 4) is 11.1 Å². The molecule has 2 N–H and O–H groups in total. The smallest absolute Gasteiger partial charge is 0.278 e. The van der Waals surface area contributed by atoms with Crippen LogP contribution in [-0.4, -0.2) is 38.3 Å². The standard InChI is InChI=1S/C23H23N3O6/c1-5-23(6-2)17-9-14(21(27)12(3)24-29)7-8-16(17)20-18(23)10-15(11-19(20)26(31)32)22(28)13(4)25-30/h7-11,29-30H,5-6H2,1-4H3/b24-12+,25-13+. The molecule has 0 heterocycles. The number of nitro groups is 1. The number of ketones is 2. The molecule has 0 saturated heterocycles. The summed E-state index contributed by atoms with van der Waals surface area (Å²) in [6, 6.07) is 7.71. The van der Waals surface area contributed by atoms with Crippen molar-refractivity contribution >= 4 is 28.7 Å². The summed E-state index contributed by atoms with van der Waals surface area (Å²) in [6.45, 7) is 6.60. The van der Waals surface area contributed by atoms with E-state index in [1.54, 1.807) is 24.3 Å². The van der Waals surface area contributed by atoms with Gasteiger partial charge in [0.2, 0.25) is 11.6 Å². The molecule has 9 nitrogen and oxygen atoms in total. The van der Waals surface area contributed by atoms with Crippen LogP contribution in [-0.2, 0) is 5.41 Å². The summed E-state index contributed by atoms with van der Waals surface area (Å²) in [4.78, 5) is 36.7. The van der Waals surface area contributed by atoms with Gasteiger partial charge < -0.3 is 10.4 Å². The Morgan fingerprint density at radius 1 is 0.938 bits per heavy atom. The Morgan fingerprint density at radius 3 is 1.97 bits per heavy atom.